The monoisotopic (exact) mass is 377 g/mol. The Kier molecular flexibility index (Phi) is 4.46. The Morgan fingerprint density at radius 3 is 3.04 bits per heavy atom. The van der Waals surface area contributed by atoms with Crippen LogP contribution in [-0.4, -0.2) is 30.9 Å². The molecular formula is C17H20BrN3O2. The second-order valence-electron chi connectivity index (χ2n) is 6.07. The van der Waals surface area contributed by atoms with Gasteiger partial charge in [-0.15, -0.1) is 0 Å². The molecule has 3 rings (SSSR count). The Morgan fingerprint density at radius 1 is 1.52 bits per heavy atom. The summed E-state index contributed by atoms with van der Waals surface area (Å²) in [5, 5.41) is 3.59. The molecule has 1 aromatic carbocycles. The lowest BCUT2D eigenvalue weighted by Crippen LogP contribution is -2.37. The van der Waals surface area contributed by atoms with Crippen LogP contribution in [0.3, 0.4) is 0 Å². The number of fused-ring (bicyclic) bond motifs is 1. The second kappa shape index (κ2) is 6.37. The van der Waals surface area contributed by atoms with E-state index in [2.05, 4.69) is 39.8 Å². The summed E-state index contributed by atoms with van der Waals surface area (Å²) in [6.45, 7) is 6.02. The third-order valence-corrected chi connectivity index (χ3v) is 4.78. The van der Waals surface area contributed by atoms with Crippen LogP contribution in [0, 0.1) is 5.92 Å². The van der Waals surface area contributed by atoms with Crippen LogP contribution in [0.1, 0.15) is 23.4 Å². The van der Waals surface area contributed by atoms with Crippen molar-refractivity contribution >= 4 is 38.5 Å². The van der Waals surface area contributed by atoms with Crippen LogP contribution in [0.4, 0.5) is 5.69 Å². The lowest BCUT2D eigenvalue weighted by Gasteiger charge is -2.30. The van der Waals surface area contributed by atoms with Gasteiger partial charge >= 0.3 is 0 Å². The first-order chi connectivity index (χ1) is 11.0. The van der Waals surface area contributed by atoms with Crippen LogP contribution in [-0.2, 0) is 0 Å². The van der Waals surface area contributed by atoms with Crippen LogP contribution < -0.4 is 11.1 Å². The van der Waals surface area contributed by atoms with Gasteiger partial charge in [-0.25, -0.2) is 0 Å². The van der Waals surface area contributed by atoms with E-state index >= 15 is 0 Å². The molecule has 5 nitrogen and oxygen atoms in total. The quantitative estimate of drug-likeness (QED) is 0.859. The third kappa shape index (κ3) is 3.28. The molecule has 2 heterocycles. The number of furan rings is 1. The Hall–Kier alpha value is -1.79. The van der Waals surface area contributed by atoms with E-state index in [-0.39, 0.29) is 17.6 Å². The van der Waals surface area contributed by atoms with E-state index < -0.39 is 0 Å². The number of benzene rings is 1. The number of halogens is 1. The fourth-order valence-electron chi connectivity index (χ4n) is 3.01. The van der Waals surface area contributed by atoms with Gasteiger partial charge in [0.2, 0.25) is 5.76 Å². The summed E-state index contributed by atoms with van der Waals surface area (Å²) >= 11 is 3.39. The summed E-state index contributed by atoms with van der Waals surface area (Å²) in [6, 6.07) is 5.48. The molecular weight excluding hydrogens is 358 g/mol. The topological polar surface area (TPSA) is 71.5 Å². The zero-order chi connectivity index (χ0) is 16.6. The number of hydrogen-bond donors (Lipinski definition) is 2. The number of anilines is 1. The van der Waals surface area contributed by atoms with E-state index in [0.29, 0.717) is 11.3 Å². The minimum atomic E-state index is -0.340. The number of nitrogens with zero attached hydrogens (tertiary/aromatic N) is 1. The number of piperidine rings is 1. The highest BCUT2D eigenvalue weighted by molar-refractivity contribution is 9.10. The molecule has 1 aromatic heterocycles. The number of nitrogens with one attached hydrogen (secondary N) is 1. The van der Waals surface area contributed by atoms with Crippen molar-refractivity contribution in [1.82, 2.24) is 10.2 Å². The van der Waals surface area contributed by atoms with E-state index in [0.717, 1.165) is 41.5 Å². The number of carbonyl (C=O) groups excluding carboxylic acids is 1. The summed E-state index contributed by atoms with van der Waals surface area (Å²) in [6.07, 6.45) is 2.14. The smallest absolute Gasteiger partial charge is 0.293 e. The Balaban J connectivity index is 1.78. The summed E-state index contributed by atoms with van der Waals surface area (Å²) in [5.41, 5.74) is 7.75. The first-order valence-corrected chi connectivity index (χ1v) is 8.41. The summed E-state index contributed by atoms with van der Waals surface area (Å²) in [7, 11) is 2.08. The number of amides is 1. The Morgan fingerprint density at radius 2 is 2.30 bits per heavy atom. The maximum absolute atomic E-state index is 12.5. The zero-order valence-corrected chi connectivity index (χ0v) is 14.6. The molecule has 1 saturated heterocycles. The van der Waals surface area contributed by atoms with Crippen molar-refractivity contribution in [3.63, 3.8) is 0 Å². The molecule has 1 amide bonds. The molecule has 2 aromatic rings. The van der Waals surface area contributed by atoms with Crippen molar-refractivity contribution in [3.8, 4) is 0 Å². The molecule has 0 saturated carbocycles. The summed E-state index contributed by atoms with van der Waals surface area (Å²) in [4.78, 5) is 14.7. The molecule has 0 radical (unpaired) electrons. The molecule has 0 bridgehead atoms. The van der Waals surface area contributed by atoms with Gasteiger partial charge in [-0.05, 0) is 44.6 Å². The van der Waals surface area contributed by atoms with E-state index in [1.165, 1.54) is 0 Å². The van der Waals surface area contributed by atoms with Gasteiger partial charge in [0.05, 0.1) is 5.69 Å². The first-order valence-electron chi connectivity index (χ1n) is 7.62. The van der Waals surface area contributed by atoms with Crippen molar-refractivity contribution in [3.05, 3.63) is 40.7 Å². The predicted molar refractivity (Wildman–Crippen MR) is 95.2 cm³/mol. The normalized spacial score (nSPS) is 19.0. The molecule has 23 heavy (non-hydrogen) atoms. The van der Waals surface area contributed by atoms with Gasteiger partial charge < -0.3 is 20.4 Å². The highest BCUT2D eigenvalue weighted by atomic mass is 79.9. The average molecular weight is 378 g/mol. The van der Waals surface area contributed by atoms with Gasteiger partial charge in [-0.3, -0.25) is 4.79 Å². The van der Waals surface area contributed by atoms with Gasteiger partial charge in [-0.2, -0.15) is 0 Å². The number of rotatable bonds is 3. The van der Waals surface area contributed by atoms with Gasteiger partial charge in [0.25, 0.3) is 5.91 Å². The lowest BCUT2D eigenvalue weighted by atomic mass is 9.95. The molecule has 0 aliphatic carbocycles. The molecule has 0 spiro atoms. The Labute approximate surface area is 143 Å². The zero-order valence-electron chi connectivity index (χ0n) is 13.1. The molecule has 122 valence electrons. The summed E-state index contributed by atoms with van der Waals surface area (Å²) in [5.74, 6) is 0.0638. The number of likely N-dealkylation sites (tertiary alicyclic amines) is 1. The highest BCUT2D eigenvalue weighted by Gasteiger charge is 2.24. The molecule has 1 unspecified atom stereocenters. The van der Waals surface area contributed by atoms with Crippen LogP contribution in [0.25, 0.3) is 11.0 Å². The first kappa shape index (κ1) is 16.1. The van der Waals surface area contributed by atoms with Gasteiger partial charge in [0.15, 0.2) is 0 Å². The number of hydrogen-bond acceptors (Lipinski definition) is 4. The van der Waals surface area contributed by atoms with Crippen molar-refractivity contribution in [2.24, 2.45) is 5.92 Å². The molecule has 3 N–H and O–H groups in total. The van der Waals surface area contributed by atoms with Gasteiger partial charge in [0.1, 0.15) is 5.58 Å². The lowest BCUT2D eigenvalue weighted by molar-refractivity contribution is 0.0933. The second-order valence-corrected chi connectivity index (χ2v) is 6.98. The fraction of sp³-hybridized carbons (Fsp3) is 0.353. The molecule has 1 aliphatic heterocycles. The molecule has 1 atom stereocenters. The third-order valence-electron chi connectivity index (χ3n) is 4.29. The van der Waals surface area contributed by atoms with E-state index in [1.54, 1.807) is 6.07 Å². The largest absolute Gasteiger partial charge is 0.449 e. The highest BCUT2D eigenvalue weighted by Crippen LogP contribution is 2.31. The predicted octanol–water partition coefficient (Wildman–Crippen LogP) is 3.36. The van der Waals surface area contributed by atoms with E-state index in [4.69, 9.17) is 10.2 Å². The Bertz CT molecular complexity index is 769. The van der Waals surface area contributed by atoms with Gasteiger partial charge in [-0.1, -0.05) is 22.5 Å². The van der Waals surface area contributed by atoms with Crippen LogP contribution >= 0.6 is 15.9 Å². The molecule has 1 fully saturated rings. The van der Waals surface area contributed by atoms with Crippen molar-refractivity contribution in [1.29, 1.82) is 0 Å². The maximum atomic E-state index is 12.5. The van der Waals surface area contributed by atoms with Crippen molar-refractivity contribution in [2.75, 3.05) is 25.9 Å². The van der Waals surface area contributed by atoms with E-state index in [9.17, 15) is 4.79 Å². The number of nitrogen functional groups attached to an aromatic ring is 1. The van der Waals surface area contributed by atoms with Crippen LogP contribution in [0.15, 0.2) is 39.4 Å². The maximum Gasteiger partial charge on any atom is 0.293 e. The van der Waals surface area contributed by atoms with Crippen LogP contribution in [0.2, 0.25) is 0 Å². The number of nitrogens with two attached hydrogens (primary N) is 1. The fourth-order valence-corrected chi connectivity index (χ4v) is 3.37. The average Bonchev–Trinajstić information content (AvgIpc) is 2.84. The SMILES string of the molecule is C=C(NC(=O)c1oc2ccc(Br)cc2c1N)C1CCCN(C)C1. The minimum absolute atomic E-state index is 0.142. The van der Waals surface area contributed by atoms with Gasteiger partial charge in [0, 0.05) is 28.0 Å². The van der Waals surface area contributed by atoms with Crippen LogP contribution in [0.5, 0.6) is 0 Å². The molecule has 1 aliphatic rings. The van der Waals surface area contributed by atoms with Crippen molar-refractivity contribution in [2.45, 2.75) is 12.8 Å². The molecule has 6 heteroatoms. The number of carbonyl (C=O) groups is 1. The standard InChI is InChI=1S/C17H20BrN3O2/c1-10(11-4-3-7-21(2)9-11)20-17(22)16-15(19)13-8-12(18)5-6-14(13)23-16/h5-6,8,11H,1,3-4,7,9,19H2,2H3,(H,20,22). The summed E-state index contributed by atoms with van der Waals surface area (Å²) < 4.78 is 6.50. The van der Waals surface area contributed by atoms with E-state index in [1.807, 2.05) is 12.1 Å². The minimum Gasteiger partial charge on any atom is -0.449 e. The van der Waals surface area contributed by atoms with Crippen molar-refractivity contribution < 1.29 is 9.21 Å².